The van der Waals surface area contributed by atoms with E-state index in [1.165, 1.54) is 12.8 Å². The smallest absolute Gasteiger partial charge is 0.165 e. The summed E-state index contributed by atoms with van der Waals surface area (Å²) in [7, 11) is 0. The lowest BCUT2D eigenvalue weighted by Gasteiger charge is -2.17. The Morgan fingerprint density at radius 1 is 1.11 bits per heavy atom. The van der Waals surface area contributed by atoms with E-state index in [0.717, 1.165) is 46.9 Å². The van der Waals surface area contributed by atoms with Gasteiger partial charge in [0, 0.05) is 13.1 Å². The molecule has 3 heterocycles. The second-order valence-corrected chi connectivity index (χ2v) is 7.15. The van der Waals surface area contributed by atoms with Gasteiger partial charge in [-0.05, 0) is 37.8 Å². The Morgan fingerprint density at radius 3 is 2.59 bits per heavy atom. The normalized spacial score (nSPS) is 15.4. The van der Waals surface area contributed by atoms with Gasteiger partial charge in [0.05, 0.1) is 12.9 Å². The molecule has 27 heavy (non-hydrogen) atoms. The first-order valence-corrected chi connectivity index (χ1v) is 9.41. The Hall–Kier alpha value is -2.67. The lowest BCUT2D eigenvalue weighted by atomic mass is 10.1. The van der Waals surface area contributed by atoms with E-state index < -0.39 is 6.10 Å². The molecule has 4 rings (SSSR count). The number of aliphatic hydroxyl groups excluding tert-OH is 1. The van der Waals surface area contributed by atoms with Gasteiger partial charge in [0.2, 0.25) is 0 Å². The van der Waals surface area contributed by atoms with Crippen LogP contribution in [0.5, 0.6) is 5.75 Å². The van der Waals surface area contributed by atoms with Crippen molar-refractivity contribution in [2.45, 2.75) is 39.3 Å². The van der Waals surface area contributed by atoms with Gasteiger partial charge < -0.3 is 19.3 Å². The predicted molar refractivity (Wildman–Crippen MR) is 104 cm³/mol. The zero-order chi connectivity index (χ0) is 18.8. The van der Waals surface area contributed by atoms with E-state index in [1.807, 2.05) is 36.6 Å². The second-order valence-electron chi connectivity index (χ2n) is 7.15. The fraction of sp³-hybridized carbons (Fsp3) is 0.450. The molecular formula is C20H25N5O2. The number of hydrogen-bond acceptors (Lipinski definition) is 6. The number of aliphatic hydroxyl groups is 1. The van der Waals surface area contributed by atoms with Crippen LogP contribution in [0, 0.1) is 13.8 Å². The van der Waals surface area contributed by atoms with Gasteiger partial charge in [-0.15, -0.1) is 0 Å². The molecular weight excluding hydrogens is 342 g/mol. The van der Waals surface area contributed by atoms with E-state index in [-0.39, 0.29) is 6.61 Å². The van der Waals surface area contributed by atoms with Crippen LogP contribution in [0.3, 0.4) is 0 Å². The third kappa shape index (κ3) is 3.60. The summed E-state index contributed by atoms with van der Waals surface area (Å²) in [6.45, 7) is 6.62. The van der Waals surface area contributed by atoms with Crippen LogP contribution in [0.4, 0.5) is 5.82 Å². The SMILES string of the molecule is Cc1cccc(C)c1OC[C@H](O)Cn1cnc2c(N3CCCC3)ncnc21. The van der Waals surface area contributed by atoms with E-state index in [9.17, 15) is 5.11 Å². The van der Waals surface area contributed by atoms with Crippen molar-refractivity contribution >= 4 is 17.0 Å². The molecule has 0 amide bonds. The molecule has 7 heteroatoms. The molecule has 0 bridgehead atoms. The van der Waals surface area contributed by atoms with Crippen LogP contribution >= 0.6 is 0 Å². The van der Waals surface area contributed by atoms with Crippen molar-refractivity contribution < 1.29 is 9.84 Å². The summed E-state index contributed by atoms with van der Waals surface area (Å²) in [6, 6.07) is 6.02. The van der Waals surface area contributed by atoms with Gasteiger partial charge in [0.25, 0.3) is 0 Å². The van der Waals surface area contributed by atoms with Gasteiger partial charge in [-0.25, -0.2) is 15.0 Å². The lowest BCUT2D eigenvalue weighted by molar-refractivity contribution is 0.0926. The van der Waals surface area contributed by atoms with Gasteiger partial charge >= 0.3 is 0 Å². The highest BCUT2D eigenvalue weighted by Crippen LogP contribution is 2.25. The molecule has 1 aliphatic heterocycles. The molecule has 0 aliphatic carbocycles. The van der Waals surface area contributed by atoms with E-state index in [4.69, 9.17) is 4.74 Å². The largest absolute Gasteiger partial charge is 0.490 e. The molecule has 1 atom stereocenters. The highest BCUT2D eigenvalue weighted by Gasteiger charge is 2.20. The molecule has 0 saturated carbocycles. The van der Waals surface area contributed by atoms with Gasteiger partial charge in [0.1, 0.15) is 24.8 Å². The number of para-hydroxylation sites is 1. The quantitative estimate of drug-likeness (QED) is 0.721. The minimum Gasteiger partial charge on any atom is -0.490 e. The van der Waals surface area contributed by atoms with Crippen LogP contribution in [-0.4, -0.2) is 50.4 Å². The molecule has 0 radical (unpaired) electrons. The predicted octanol–water partition coefficient (Wildman–Crippen LogP) is 2.48. The number of hydrogen-bond donors (Lipinski definition) is 1. The lowest BCUT2D eigenvalue weighted by Crippen LogP contribution is -2.24. The zero-order valence-corrected chi connectivity index (χ0v) is 15.8. The van der Waals surface area contributed by atoms with E-state index >= 15 is 0 Å². The third-order valence-electron chi connectivity index (χ3n) is 5.02. The van der Waals surface area contributed by atoms with Crippen molar-refractivity contribution in [3.63, 3.8) is 0 Å². The van der Waals surface area contributed by atoms with Crippen LogP contribution < -0.4 is 9.64 Å². The molecule has 1 aromatic carbocycles. The van der Waals surface area contributed by atoms with Crippen LogP contribution in [0.2, 0.25) is 0 Å². The average Bonchev–Trinajstić information content (AvgIpc) is 3.31. The summed E-state index contributed by atoms with van der Waals surface area (Å²) in [5.74, 6) is 1.73. The minimum absolute atomic E-state index is 0.218. The molecule has 0 spiro atoms. The number of anilines is 1. The first-order chi connectivity index (χ1) is 13.1. The fourth-order valence-electron chi connectivity index (χ4n) is 3.65. The van der Waals surface area contributed by atoms with Crippen LogP contribution in [0.1, 0.15) is 24.0 Å². The molecule has 7 nitrogen and oxygen atoms in total. The summed E-state index contributed by atoms with van der Waals surface area (Å²) in [5.41, 5.74) is 3.68. The Kier molecular flexibility index (Phi) is 4.94. The third-order valence-corrected chi connectivity index (χ3v) is 5.02. The maximum absolute atomic E-state index is 10.5. The number of benzene rings is 1. The number of nitrogens with zero attached hydrogens (tertiary/aromatic N) is 5. The molecule has 1 N–H and O–H groups in total. The summed E-state index contributed by atoms with van der Waals surface area (Å²) in [5, 5.41) is 10.5. The Morgan fingerprint density at radius 2 is 1.85 bits per heavy atom. The zero-order valence-electron chi connectivity index (χ0n) is 15.8. The molecule has 1 fully saturated rings. The van der Waals surface area contributed by atoms with Crippen LogP contribution in [0.15, 0.2) is 30.9 Å². The number of fused-ring (bicyclic) bond motifs is 1. The molecule has 1 saturated heterocycles. The highest BCUT2D eigenvalue weighted by molar-refractivity contribution is 5.83. The molecule has 3 aromatic rings. The van der Waals surface area contributed by atoms with Crippen molar-refractivity contribution in [2.24, 2.45) is 0 Å². The maximum Gasteiger partial charge on any atom is 0.165 e. The number of aromatic nitrogens is 4. The summed E-state index contributed by atoms with van der Waals surface area (Å²) >= 11 is 0. The molecule has 1 aliphatic rings. The first kappa shape index (κ1) is 17.7. The molecule has 0 unspecified atom stereocenters. The number of rotatable bonds is 6. The topological polar surface area (TPSA) is 76.3 Å². The number of aryl methyl sites for hydroxylation is 2. The monoisotopic (exact) mass is 367 g/mol. The van der Waals surface area contributed by atoms with E-state index in [2.05, 4.69) is 19.9 Å². The van der Waals surface area contributed by atoms with Crippen LogP contribution in [-0.2, 0) is 6.54 Å². The first-order valence-electron chi connectivity index (χ1n) is 9.41. The van der Waals surface area contributed by atoms with E-state index in [0.29, 0.717) is 6.54 Å². The van der Waals surface area contributed by atoms with Crippen molar-refractivity contribution in [3.05, 3.63) is 42.0 Å². The van der Waals surface area contributed by atoms with Crippen molar-refractivity contribution in [1.82, 2.24) is 19.5 Å². The van der Waals surface area contributed by atoms with Gasteiger partial charge in [-0.2, -0.15) is 0 Å². The number of imidazole rings is 1. The van der Waals surface area contributed by atoms with Crippen molar-refractivity contribution in [1.29, 1.82) is 0 Å². The Balaban J connectivity index is 1.47. The molecule has 142 valence electrons. The van der Waals surface area contributed by atoms with Gasteiger partial charge in [-0.3, -0.25) is 0 Å². The maximum atomic E-state index is 10.5. The van der Waals surface area contributed by atoms with Gasteiger partial charge in [0.15, 0.2) is 17.0 Å². The minimum atomic E-state index is -0.661. The van der Waals surface area contributed by atoms with Crippen molar-refractivity contribution in [3.8, 4) is 5.75 Å². The summed E-state index contributed by atoms with van der Waals surface area (Å²) < 4.78 is 7.74. The Bertz CT molecular complexity index is 913. The second kappa shape index (κ2) is 7.52. The highest BCUT2D eigenvalue weighted by atomic mass is 16.5. The summed E-state index contributed by atoms with van der Waals surface area (Å²) in [4.78, 5) is 15.6. The van der Waals surface area contributed by atoms with E-state index in [1.54, 1.807) is 12.7 Å². The standard InChI is InChI=1S/C20H25N5O2/c1-14-6-5-7-15(2)18(14)27-11-16(26)10-25-13-23-17-19(21-12-22-20(17)25)24-8-3-4-9-24/h5-7,12-13,16,26H,3-4,8-11H2,1-2H3/t16-/m1/s1. The Labute approximate surface area is 158 Å². The number of ether oxygens (including phenoxy) is 1. The molecule has 2 aromatic heterocycles. The van der Waals surface area contributed by atoms with Crippen LogP contribution in [0.25, 0.3) is 11.2 Å². The average molecular weight is 367 g/mol. The van der Waals surface area contributed by atoms with Crippen molar-refractivity contribution in [2.75, 3.05) is 24.6 Å². The fourth-order valence-corrected chi connectivity index (χ4v) is 3.65. The van der Waals surface area contributed by atoms with Gasteiger partial charge in [-0.1, -0.05) is 18.2 Å². The summed E-state index contributed by atoms with van der Waals surface area (Å²) in [6.07, 6.45) is 5.00.